The van der Waals surface area contributed by atoms with Crippen LogP contribution in [0.5, 0.6) is 17.2 Å². The summed E-state index contributed by atoms with van der Waals surface area (Å²) in [5.41, 5.74) is 0.780. The molecule has 1 N–H and O–H groups in total. The summed E-state index contributed by atoms with van der Waals surface area (Å²) in [6.45, 7) is 0. The van der Waals surface area contributed by atoms with Gasteiger partial charge >= 0.3 is 0 Å². The van der Waals surface area contributed by atoms with Gasteiger partial charge in [0, 0.05) is 5.02 Å². The highest BCUT2D eigenvalue weighted by molar-refractivity contribution is 6.36. The fourth-order valence-electron chi connectivity index (χ4n) is 1.97. The molecule has 0 saturated heterocycles. The van der Waals surface area contributed by atoms with Gasteiger partial charge in [-0.25, -0.2) is 0 Å². The van der Waals surface area contributed by atoms with Crippen LogP contribution in [-0.2, 0) is 0 Å². The molecule has 0 spiro atoms. The number of phenols is 1. The lowest BCUT2D eigenvalue weighted by atomic mass is 10.1. The predicted molar refractivity (Wildman–Crippen MR) is 91.0 cm³/mol. The summed E-state index contributed by atoms with van der Waals surface area (Å²) in [5.74, 6) is 0.436. The molecule has 0 radical (unpaired) electrons. The number of rotatable bonds is 5. The lowest BCUT2D eigenvalue weighted by Crippen LogP contribution is -1.96. The van der Waals surface area contributed by atoms with E-state index in [0.717, 1.165) is 5.56 Å². The smallest absolute Gasteiger partial charge is 0.189 e. The van der Waals surface area contributed by atoms with Gasteiger partial charge in [-0.3, -0.25) is 4.79 Å². The highest BCUT2D eigenvalue weighted by atomic mass is 35.5. The van der Waals surface area contributed by atoms with Gasteiger partial charge in [0.2, 0.25) is 0 Å². The lowest BCUT2D eigenvalue weighted by molar-refractivity contribution is 0.104. The SMILES string of the molecule is COc1ccc(/C=C/C(=O)c2cc(Cl)cc(Cl)c2O)cc1OC. The van der Waals surface area contributed by atoms with Crippen molar-refractivity contribution in [2.24, 2.45) is 0 Å². The third-order valence-corrected chi connectivity index (χ3v) is 3.63. The summed E-state index contributed by atoms with van der Waals surface area (Å²) < 4.78 is 10.3. The Hall–Kier alpha value is -2.17. The van der Waals surface area contributed by atoms with Gasteiger partial charge < -0.3 is 14.6 Å². The number of hydrogen-bond acceptors (Lipinski definition) is 4. The van der Waals surface area contributed by atoms with Crippen molar-refractivity contribution in [3.63, 3.8) is 0 Å². The van der Waals surface area contributed by atoms with Gasteiger partial charge in [0.25, 0.3) is 0 Å². The van der Waals surface area contributed by atoms with E-state index >= 15 is 0 Å². The van der Waals surface area contributed by atoms with Crippen molar-refractivity contribution in [2.75, 3.05) is 14.2 Å². The Morgan fingerprint density at radius 1 is 1.09 bits per heavy atom. The average Bonchev–Trinajstić information content (AvgIpc) is 2.55. The van der Waals surface area contributed by atoms with E-state index in [1.165, 1.54) is 25.3 Å². The van der Waals surface area contributed by atoms with Crippen molar-refractivity contribution in [1.29, 1.82) is 0 Å². The Labute approximate surface area is 143 Å². The van der Waals surface area contributed by atoms with E-state index in [9.17, 15) is 9.90 Å². The topological polar surface area (TPSA) is 55.8 Å². The van der Waals surface area contributed by atoms with Gasteiger partial charge in [-0.1, -0.05) is 35.3 Å². The summed E-state index contributed by atoms with van der Waals surface area (Å²) in [5, 5.41) is 10.2. The Kier molecular flexibility index (Phi) is 5.53. The molecule has 0 atom stereocenters. The highest BCUT2D eigenvalue weighted by Gasteiger charge is 2.13. The number of methoxy groups -OCH3 is 2. The Morgan fingerprint density at radius 2 is 1.78 bits per heavy atom. The van der Waals surface area contributed by atoms with Crippen LogP contribution in [0, 0.1) is 0 Å². The minimum atomic E-state index is -0.415. The molecule has 2 aromatic carbocycles. The van der Waals surface area contributed by atoms with Crippen LogP contribution in [0.3, 0.4) is 0 Å². The third-order valence-electron chi connectivity index (χ3n) is 3.13. The van der Waals surface area contributed by atoms with Gasteiger partial charge in [-0.15, -0.1) is 0 Å². The monoisotopic (exact) mass is 352 g/mol. The van der Waals surface area contributed by atoms with Gasteiger partial charge in [-0.2, -0.15) is 0 Å². The molecule has 2 aromatic rings. The van der Waals surface area contributed by atoms with E-state index in [1.807, 2.05) is 0 Å². The van der Waals surface area contributed by atoms with Crippen LogP contribution < -0.4 is 9.47 Å². The standard InChI is InChI=1S/C17H14Cl2O4/c1-22-15-6-4-10(7-16(15)23-2)3-5-14(20)12-8-11(18)9-13(19)17(12)21/h3-9,21H,1-2H3/b5-3+. The summed E-state index contributed by atoms with van der Waals surface area (Å²) in [6, 6.07) is 7.97. The van der Waals surface area contributed by atoms with Crippen LogP contribution in [0.2, 0.25) is 10.0 Å². The van der Waals surface area contributed by atoms with Gasteiger partial charge in [0.15, 0.2) is 17.3 Å². The van der Waals surface area contributed by atoms with E-state index in [-0.39, 0.29) is 21.4 Å². The molecule has 0 aliphatic heterocycles. The van der Waals surface area contributed by atoms with E-state index in [1.54, 1.807) is 31.4 Å². The van der Waals surface area contributed by atoms with Crippen LogP contribution in [0.4, 0.5) is 0 Å². The Bertz CT molecular complexity index is 769. The number of carbonyl (C=O) groups excluding carboxylic acids is 1. The van der Waals surface area contributed by atoms with Crippen molar-refractivity contribution >= 4 is 35.1 Å². The number of phenolic OH excluding ortho intramolecular Hbond substituents is 1. The van der Waals surface area contributed by atoms with E-state index in [0.29, 0.717) is 11.5 Å². The molecule has 23 heavy (non-hydrogen) atoms. The number of hydrogen-bond donors (Lipinski definition) is 1. The molecule has 2 rings (SSSR count). The predicted octanol–water partition coefficient (Wildman–Crippen LogP) is 4.61. The molecule has 0 aromatic heterocycles. The average molecular weight is 353 g/mol. The normalized spacial score (nSPS) is 10.8. The molecule has 0 bridgehead atoms. The van der Waals surface area contributed by atoms with Crippen molar-refractivity contribution in [1.82, 2.24) is 0 Å². The van der Waals surface area contributed by atoms with Crippen molar-refractivity contribution in [3.05, 3.63) is 57.6 Å². The number of ketones is 1. The van der Waals surface area contributed by atoms with Gasteiger partial charge in [0.05, 0.1) is 24.8 Å². The highest BCUT2D eigenvalue weighted by Crippen LogP contribution is 2.32. The lowest BCUT2D eigenvalue weighted by Gasteiger charge is -2.07. The molecule has 0 saturated carbocycles. The second-order valence-electron chi connectivity index (χ2n) is 4.60. The molecule has 0 aliphatic rings. The van der Waals surface area contributed by atoms with Gasteiger partial charge in [0.1, 0.15) is 5.75 Å². The third kappa shape index (κ3) is 3.97. The summed E-state index contributed by atoms with van der Waals surface area (Å²) in [6.07, 6.45) is 2.92. The number of allylic oxidation sites excluding steroid dienone is 1. The maximum Gasteiger partial charge on any atom is 0.189 e. The fraction of sp³-hybridized carbons (Fsp3) is 0.118. The van der Waals surface area contributed by atoms with E-state index in [4.69, 9.17) is 32.7 Å². The van der Waals surface area contributed by atoms with Crippen LogP contribution in [0.1, 0.15) is 15.9 Å². The first-order chi connectivity index (χ1) is 11.0. The van der Waals surface area contributed by atoms with Crippen LogP contribution in [0.15, 0.2) is 36.4 Å². The van der Waals surface area contributed by atoms with E-state index < -0.39 is 5.78 Å². The minimum Gasteiger partial charge on any atom is -0.506 e. The minimum absolute atomic E-state index is 0.0281. The number of benzene rings is 2. The van der Waals surface area contributed by atoms with Crippen molar-refractivity contribution in [3.8, 4) is 17.2 Å². The maximum absolute atomic E-state index is 12.2. The van der Waals surface area contributed by atoms with Crippen LogP contribution in [0.25, 0.3) is 6.08 Å². The molecular weight excluding hydrogens is 339 g/mol. The zero-order valence-corrected chi connectivity index (χ0v) is 14.0. The molecule has 120 valence electrons. The molecule has 0 aliphatic carbocycles. The first-order valence-electron chi connectivity index (χ1n) is 6.58. The maximum atomic E-state index is 12.2. The van der Waals surface area contributed by atoms with E-state index in [2.05, 4.69) is 0 Å². The molecule has 4 nitrogen and oxygen atoms in total. The molecule has 0 unspecified atom stereocenters. The number of halogens is 2. The zero-order chi connectivity index (χ0) is 17.0. The number of ether oxygens (including phenoxy) is 2. The molecule has 6 heteroatoms. The number of aromatic hydroxyl groups is 1. The van der Waals surface area contributed by atoms with Crippen molar-refractivity contribution in [2.45, 2.75) is 0 Å². The quantitative estimate of drug-likeness (QED) is 0.630. The summed E-state index contributed by atoms with van der Waals surface area (Å²) in [7, 11) is 3.07. The number of carbonyl (C=O) groups is 1. The molecule has 0 fully saturated rings. The molecule has 0 amide bonds. The second kappa shape index (κ2) is 7.40. The Balaban J connectivity index is 2.28. The zero-order valence-electron chi connectivity index (χ0n) is 12.5. The fourth-order valence-corrected chi connectivity index (χ4v) is 2.47. The molecular formula is C17H14Cl2O4. The first kappa shape index (κ1) is 17.2. The Morgan fingerprint density at radius 3 is 2.43 bits per heavy atom. The second-order valence-corrected chi connectivity index (χ2v) is 5.44. The first-order valence-corrected chi connectivity index (χ1v) is 7.34. The van der Waals surface area contributed by atoms with Crippen LogP contribution in [-0.4, -0.2) is 25.1 Å². The molecule has 0 heterocycles. The van der Waals surface area contributed by atoms with Crippen molar-refractivity contribution < 1.29 is 19.4 Å². The van der Waals surface area contributed by atoms with Crippen LogP contribution >= 0.6 is 23.2 Å². The summed E-state index contributed by atoms with van der Waals surface area (Å²) >= 11 is 11.7. The van der Waals surface area contributed by atoms with Gasteiger partial charge in [-0.05, 0) is 35.9 Å². The summed E-state index contributed by atoms with van der Waals surface area (Å²) in [4.78, 5) is 12.2. The largest absolute Gasteiger partial charge is 0.506 e.